The minimum atomic E-state index is -0.140. The van der Waals surface area contributed by atoms with Gasteiger partial charge >= 0.3 is 0 Å². The molecule has 1 N–H and O–H groups in total. The maximum atomic E-state index is 12.4. The van der Waals surface area contributed by atoms with Gasteiger partial charge in [0.15, 0.2) is 0 Å². The van der Waals surface area contributed by atoms with E-state index in [4.69, 9.17) is 5.11 Å². The van der Waals surface area contributed by atoms with Gasteiger partial charge in [-0.2, -0.15) is 10.2 Å². The summed E-state index contributed by atoms with van der Waals surface area (Å²) in [5, 5.41) is 17.0. The zero-order valence-electron chi connectivity index (χ0n) is 10.9. The lowest BCUT2D eigenvalue weighted by Crippen LogP contribution is -2.34. The first-order valence-corrected chi connectivity index (χ1v) is 5.98. The van der Waals surface area contributed by atoms with Gasteiger partial charge < -0.3 is 10.0 Å². The standard InChI is InChI=1S/C13H19N3O2/c1-4-6-16(7-8-17)13(18)11-9-10(3)14-15-12(11)5-2/h4,9,17H,1,5-8H2,2-3H3. The van der Waals surface area contributed by atoms with Crippen molar-refractivity contribution in [3.8, 4) is 0 Å². The monoisotopic (exact) mass is 249 g/mol. The van der Waals surface area contributed by atoms with Gasteiger partial charge in [0.25, 0.3) is 5.91 Å². The third-order valence-electron chi connectivity index (χ3n) is 2.56. The molecule has 0 bridgehead atoms. The lowest BCUT2D eigenvalue weighted by Gasteiger charge is -2.21. The van der Waals surface area contributed by atoms with Crippen molar-refractivity contribution in [3.63, 3.8) is 0 Å². The molecule has 0 unspecified atom stereocenters. The van der Waals surface area contributed by atoms with E-state index in [2.05, 4.69) is 16.8 Å². The summed E-state index contributed by atoms with van der Waals surface area (Å²) >= 11 is 0. The molecule has 0 atom stereocenters. The molecule has 0 saturated carbocycles. The molecule has 1 aromatic heterocycles. The largest absolute Gasteiger partial charge is 0.395 e. The summed E-state index contributed by atoms with van der Waals surface area (Å²) < 4.78 is 0. The van der Waals surface area contributed by atoms with Crippen molar-refractivity contribution in [3.05, 3.63) is 35.7 Å². The number of rotatable bonds is 6. The molecule has 0 aliphatic carbocycles. The Morgan fingerprint density at radius 2 is 2.28 bits per heavy atom. The van der Waals surface area contributed by atoms with Crippen LogP contribution in [0.3, 0.4) is 0 Å². The molecule has 98 valence electrons. The fourth-order valence-electron chi connectivity index (χ4n) is 1.68. The van der Waals surface area contributed by atoms with Crippen LogP contribution in [0.2, 0.25) is 0 Å². The van der Waals surface area contributed by atoms with E-state index in [1.807, 2.05) is 6.92 Å². The van der Waals surface area contributed by atoms with Crippen molar-refractivity contribution in [2.24, 2.45) is 0 Å². The molecule has 0 radical (unpaired) electrons. The number of hydrogen-bond acceptors (Lipinski definition) is 4. The van der Waals surface area contributed by atoms with Crippen LogP contribution in [0.25, 0.3) is 0 Å². The summed E-state index contributed by atoms with van der Waals surface area (Å²) in [7, 11) is 0. The molecule has 0 fully saturated rings. The van der Waals surface area contributed by atoms with E-state index in [0.717, 1.165) is 0 Å². The highest BCUT2D eigenvalue weighted by atomic mass is 16.3. The number of aliphatic hydroxyl groups excluding tert-OH is 1. The molecule has 0 aliphatic rings. The number of nitrogens with zero attached hydrogens (tertiary/aromatic N) is 3. The molecule has 1 rings (SSSR count). The molecule has 1 amide bonds. The average Bonchev–Trinajstić information content (AvgIpc) is 2.37. The smallest absolute Gasteiger partial charge is 0.256 e. The lowest BCUT2D eigenvalue weighted by atomic mass is 10.1. The van der Waals surface area contributed by atoms with E-state index in [9.17, 15) is 4.79 Å². The van der Waals surface area contributed by atoms with Crippen molar-refractivity contribution < 1.29 is 9.90 Å². The first-order chi connectivity index (χ1) is 8.63. The number of amides is 1. The molecule has 18 heavy (non-hydrogen) atoms. The van der Waals surface area contributed by atoms with Crippen LogP contribution in [-0.2, 0) is 6.42 Å². The van der Waals surface area contributed by atoms with Gasteiger partial charge in [0.05, 0.1) is 23.6 Å². The second-order valence-electron chi connectivity index (χ2n) is 3.96. The summed E-state index contributed by atoms with van der Waals surface area (Å²) in [5.41, 5.74) is 1.94. The van der Waals surface area contributed by atoms with Crippen LogP contribution in [0.15, 0.2) is 18.7 Å². The van der Waals surface area contributed by atoms with Gasteiger partial charge in [-0.1, -0.05) is 13.0 Å². The lowest BCUT2D eigenvalue weighted by molar-refractivity contribution is 0.0741. The summed E-state index contributed by atoms with van der Waals surface area (Å²) in [6.07, 6.45) is 2.29. The van der Waals surface area contributed by atoms with Gasteiger partial charge in [0, 0.05) is 13.1 Å². The van der Waals surface area contributed by atoms with Crippen LogP contribution >= 0.6 is 0 Å². The number of aryl methyl sites for hydroxylation is 2. The average molecular weight is 249 g/mol. The molecule has 1 heterocycles. The zero-order valence-corrected chi connectivity index (χ0v) is 10.9. The highest BCUT2D eigenvalue weighted by Crippen LogP contribution is 2.11. The Kier molecular flexibility index (Phi) is 5.45. The maximum absolute atomic E-state index is 12.4. The maximum Gasteiger partial charge on any atom is 0.256 e. The Labute approximate surface area is 107 Å². The van der Waals surface area contributed by atoms with E-state index in [-0.39, 0.29) is 19.1 Å². The van der Waals surface area contributed by atoms with Crippen molar-refractivity contribution in [2.75, 3.05) is 19.7 Å². The van der Waals surface area contributed by atoms with Crippen molar-refractivity contribution in [1.29, 1.82) is 0 Å². The number of aromatic nitrogens is 2. The summed E-state index contributed by atoms with van der Waals surface area (Å²) in [5.74, 6) is -0.140. The number of carbonyl (C=O) groups excluding carboxylic acids is 1. The zero-order chi connectivity index (χ0) is 13.5. The second-order valence-corrected chi connectivity index (χ2v) is 3.96. The second kappa shape index (κ2) is 6.86. The van der Waals surface area contributed by atoms with E-state index in [0.29, 0.717) is 29.9 Å². The third kappa shape index (κ3) is 3.37. The SMILES string of the molecule is C=CCN(CCO)C(=O)c1cc(C)nnc1CC. The molecule has 5 heteroatoms. The van der Waals surface area contributed by atoms with Crippen molar-refractivity contribution >= 4 is 5.91 Å². The molecule has 5 nitrogen and oxygen atoms in total. The minimum absolute atomic E-state index is 0.0709. The highest BCUT2D eigenvalue weighted by molar-refractivity contribution is 5.95. The fraction of sp³-hybridized carbons (Fsp3) is 0.462. The molecule has 0 saturated heterocycles. The Balaban J connectivity index is 3.06. The quantitative estimate of drug-likeness (QED) is 0.763. The predicted molar refractivity (Wildman–Crippen MR) is 69.3 cm³/mol. The summed E-state index contributed by atoms with van der Waals surface area (Å²) in [6.45, 7) is 7.97. The predicted octanol–water partition coefficient (Wildman–Crippen LogP) is 0.968. The van der Waals surface area contributed by atoms with Crippen LogP contribution in [-0.4, -0.2) is 45.8 Å². The topological polar surface area (TPSA) is 66.3 Å². The number of hydrogen-bond donors (Lipinski definition) is 1. The van der Waals surface area contributed by atoms with E-state index in [1.165, 1.54) is 0 Å². The molecule has 1 aromatic rings. The van der Waals surface area contributed by atoms with Crippen LogP contribution < -0.4 is 0 Å². The van der Waals surface area contributed by atoms with Gasteiger partial charge in [-0.3, -0.25) is 4.79 Å². The normalized spacial score (nSPS) is 10.2. The minimum Gasteiger partial charge on any atom is -0.395 e. The summed E-state index contributed by atoms with van der Waals surface area (Å²) in [4.78, 5) is 13.9. The van der Waals surface area contributed by atoms with Crippen LogP contribution in [0, 0.1) is 6.92 Å². The van der Waals surface area contributed by atoms with Crippen LogP contribution in [0.4, 0.5) is 0 Å². The first-order valence-electron chi connectivity index (χ1n) is 5.98. The summed E-state index contributed by atoms with van der Waals surface area (Å²) in [6, 6.07) is 1.74. The van der Waals surface area contributed by atoms with Gasteiger partial charge in [-0.05, 0) is 19.4 Å². The molecular weight excluding hydrogens is 230 g/mol. The Bertz CT molecular complexity index is 432. The van der Waals surface area contributed by atoms with Crippen molar-refractivity contribution in [1.82, 2.24) is 15.1 Å². The Morgan fingerprint density at radius 3 is 2.83 bits per heavy atom. The van der Waals surface area contributed by atoms with Gasteiger partial charge in [-0.15, -0.1) is 6.58 Å². The molecule has 0 aromatic carbocycles. The first kappa shape index (κ1) is 14.3. The highest BCUT2D eigenvalue weighted by Gasteiger charge is 2.18. The third-order valence-corrected chi connectivity index (χ3v) is 2.56. The van der Waals surface area contributed by atoms with Crippen LogP contribution in [0.5, 0.6) is 0 Å². The molecular formula is C13H19N3O2. The number of carbonyl (C=O) groups is 1. The van der Waals surface area contributed by atoms with Gasteiger partial charge in [0.1, 0.15) is 0 Å². The van der Waals surface area contributed by atoms with E-state index < -0.39 is 0 Å². The number of aliphatic hydroxyl groups is 1. The van der Waals surface area contributed by atoms with E-state index >= 15 is 0 Å². The van der Waals surface area contributed by atoms with Gasteiger partial charge in [-0.25, -0.2) is 0 Å². The fourth-order valence-corrected chi connectivity index (χ4v) is 1.68. The van der Waals surface area contributed by atoms with Crippen LogP contribution in [0.1, 0.15) is 28.7 Å². The van der Waals surface area contributed by atoms with Gasteiger partial charge in [0.2, 0.25) is 0 Å². The Morgan fingerprint density at radius 1 is 1.56 bits per heavy atom. The van der Waals surface area contributed by atoms with E-state index in [1.54, 1.807) is 24.0 Å². The molecule has 0 aliphatic heterocycles. The molecule has 0 spiro atoms. The Hall–Kier alpha value is -1.75. The van der Waals surface area contributed by atoms with Crippen molar-refractivity contribution in [2.45, 2.75) is 20.3 Å².